The fraction of sp³-hybridized carbons (Fsp3) is 0.733. The molecule has 0 saturated carbocycles. The van der Waals surface area contributed by atoms with Crippen molar-refractivity contribution in [3.8, 4) is 0 Å². The van der Waals surface area contributed by atoms with Crippen LogP contribution >= 0.6 is 12.4 Å². The number of nitrogens with one attached hydrogen (secondary N) is 2. The van der Waals surface area contributed by atoms with Gasteiger partial charge in [-0.05, 0) is 51.9 Å². The van der Waals surface area contributed by atoms with Crippen molar-refractivity contribution in [3.05, 3.63) is 18.0 Å². The Morgan fingerprint density at radius 1 is 1.45 bits per heavy atom. The molecule has 0 aromatic carbocycles. The smallest absolute Gasteiger partial charge is 0.271 e. The molecule has 7 heteroatoms. The van der Waals surface area contributed by atoms with E-state index in [0.717, 1.165) is 26.1 Å². The van der Waals surface area contributed by atoms with Gasteiger partial charge in [0.25, 0.3) is 5.91 Å². The molecule has 3 rings (SSSR count). The lowest BCUT2D eigenvalue weighted by atomic mass is 10.1. The van der Waals surface area contributed by atoms with Gasteiger partial charge in [0.05, 0.1) is 6.04 Å². The second-order valence-corrected chi connectivity index (χ2v) is 6.17. The number of likely N-dealkylation sites (tertiary alicyclic amines) is 1. The van der Waals surface area contributed by atoms with Gasteiger partial charge in [-0.3, -0.25) is 9.48 Å². The molecule has 2 N–H and O–H groups in total. The van der Waals surface area contributed by atoms with E-state index in [1.807, 2.05) is 16.9 Å². The average molecular weight is 328 g/mol. The van der Waals surface area contributed by atoms with Crippen LogP contribution in [0.5, 0.6) is 0 Å². The van der Waals surface area contributed by atoms with Crippen LogP contribution in [-0.2, 0) is 0 Å². The van der Waals surface area contributed by atoms with Gasteiger partial charge in [0, 0.05) is 25.3 Å². The van der Waals surface area contributed by atoms with Gasteiger partial charge < -0.3 is 15.5 Å². The second-order valence-electron chi connectivity index (χ2n) is 6.17. The summed E-state index contributed by atoms with van der Waals surface area (Å²) in [6, 6.07) is 2.67. The van der Waals surface area contributed by atoms with Gasteiger partial charge in [0.15, 0.2) is 0 Å². The lowest BCUT2D eigenvalue weighted by molar-refractivity contribution is 0.0937. The molecular weight excluding hydrogens is 302 g/mol. The van der Waals surface area contributed by atoms with Crippen LogP contribution in [0.4, 0.5) is 0 Å². The molecular formula is C15H26ClN5O. The molecule has 2 aliphatic heterocycles. The summed E-state index contributed by atoms with van der Waals surface area (Å²) < 4.78 is 1.93. The number of amides is 1. The summed E-state index contributed by atoms with van der Waals surface area (Å²) in [4.78, 5) is 14.5. The fourth-order valence-electron chi connectivity index (χ4n) is 3.26. The number of carbonyl (C=O) groups excluding carboxylic acids is 1. The van der Waals surface area contributed by atoms with Crippen LogP contribution in [0.15, 0.2) is 12.3 Å². The molecule has 0 bridgehead atoms. The third-order valence-electron chi connectivity index (χ3n) is 4.66. The SMILES string of the molecule is CN1CCCC1CNC(=O)c1ccn(C2CCCNC2)n1.Cl. The minimum Gasteiger partial charge on any atom is -0.349 e. The highest BCUT2D eigenvalue weighted by molar-refractivity contribution is 5.92. The van der Waals surface area contributed by atoms with Crippen molar-refractivity contribution in [1.29, 1.82) is 0 Å². The lowest BCUT2D eigenvalue weighted by Crippen LogP contribution is -2.38. The van der Waals surface area contributed by atoms with Gasteiger partial charge in [-0.1, -0.05) is 0 Å². The number of halogens is 1. The first-order valence-electron chi connectivity index (χ1n) is 7.98. The number of nitrogens with zero attached hydrogens (tertiary/aromatic N) is 3. The summed E-state index contributed by atoms with van der Waals surface area (Å²) >= 11 is 0. The van der Waals surface area contributed by atoms with Crippen LogP contribution in [0, 0.1) is 0 Å². The first kappa shape index (κ1) is 17.2. The van der Waals surface area contributed by atoms with E-state index >= 15 is 0 Å². The minimum absolute atomic E-state index is 0. The molecule has 0 radical (unpaired) electrons. The number of likely N-dealkylation sites (N-methyl/N-ethyl adjacent to an activating group) is 1. The molecule has 1 aromatic rings. The van der Waals surface area contributed by atoms with E-state index in [9.17, 15) is 4.79 Å². The summed E-state index contributed by atoms with van der Waals surface area (Å²) in [7, 11) is 2.12. The number of hydrogen-bond donors (Lipinski definition) is 2. The number of rotatable bonds is 4. The van der Waals surface area contributed by atoms with Crippen LogP contribution < -0.4 is 10.6 Å². The van der Waals surface area contributed by atoms with E-state index in [1.54, 1.807) is 0 Å². The zero-order valence-electron chi connectivity index (χ0n) is 13.1. The summed E-state index contributed by atoms with van der Waals surface area (Å²) in [6.45, 7) is 3.87. The fourth-order valence-corrected chi connectivity index (χ4v) is 3.26. The van der Waals surface area contributed by atoms with Crippen molar-refractivity contribution in [2.24, 2.45) is 0 Å². The van der Waals surface area contributed by atoms with Gasteiger partial charge >= 0.3 is 0 Å². The average Bonchev–Trinajstić information content (AvgIpc) is 3.15. The summed E-state index contributed by atoms with van der Waals surface area (Å²) in [5.74, 6) is -0.0576. The predicted octanol–water partition coefficient (Wildman–Crippen LogP) is 1.05. The summed E-state index contributed by atoms with van der Waals surface area (Å²) in [5, 5.41) is 10.8. The number of hydrogen-bond acceptors (Lipinski definition) is 4. The molecule has 2 saturated heterocycles. The van der Waals surface area contributed by atoms with Crippen molar-refractivity contribution in [3.63, 3.8) is 0 Å². The molecule has 2 fully saturated rings. The van der Waals surface area contributed by atoms with Gasteiger partial charge in [-0.2, -0.15) is 5.10 Å². The van der Waals surface area contributed by atoms with Crippen molar-refractivity contribution >= 4 is 18.3 Å². The van der Waals surface area contributed by atoms with Gasteiger partial charge in [0.2, 0.25) is 0 Å². The van der Waals surface area contributed by atoms with E-state index in [0.29, 0.717) is 24.3 Å². The maximum Gasteiger partial charge on any atom is 0.271 e. The highest BCUT2D eigenvalue weighted by Crippen LogP contribution is 2.16. The highest BCUT2D eigenvalue weighted by atomic mass is 35.5. The number of aromatic nitrogens is 2. The molecule has 1 aromatic heterocycles. The summed E-state index contributed by atoms with van der Waals surface area (Å²) in [6.07, 6.45) is 6.61. The standard InChI is InChI=1S/C15H25N5O.ClH/c1-19-8-3-5-12(19)11-17-15(21)14-6-9-20(18-14)13-4-2-7-16-10-13;/h6,9,12-13,16H,2-5,7-8,10-11H2,1H3,(H,17,21);1H. The topological polar surface area (TPSA) is 62.2 Å². The van der Waals surface area contributed by atoms with Crippen LogP contribution in [0.1, 0.15) is 42.2 Å². The third kappa shape index (κ3) is 4.00. The predicted molar refractivity (Wildman–Crippen MR) is 88.6 cm³/mol. The van der Waals surface area contributed by atoms with Gasteiger partial charge in [-0.15, -0.1) is 12.4 Å². The molecule has 2 unspecified atom stereocenters. The Morgan fingerprint density at radius 3 is 3.00 bits per heavy atom. The number of piperidine rings is 1. The van der Waals surface area contributed by atoms with E-state index in [1.165, 1.54) is 19.3 Å². The first-order valence-corrected chi connectivity index (χ1v) is 7.98. The molecule has 0 aliphatic carbocycles. The first-order chi connectivity index (χ1) is 10.2. The molecule has 1 amide bonds. The monoisotopic (exact) mass is 327 g/mol. The molecule has 6 nitrogen and oxygen atoms in total. The number of carbonyl (C=O) groups is 1. The minimum atomic E-state index is -0.0576. The quantitative estimate of drug-likeness (QED) is 0.868. The highest BCUT2D eigenvalue weighted by Gasteiger charge is 2.22. The molecule has 2 atom stereocenters. The van der Waals surface area contributed by atoms with Gasteiger partial charge in [0.1, 0.15) is 5.69 Å². The lowest BCUT2D eigenvalue weighted by Gasteiger charge is -2.23. The Balaban J connectivity index is 0.00000176. The molecule has 2 aliphatic rings. The normalized spacial score (nSPS) is 25.7. The van der Waals surface area contributed by atoms with E-state index < -0.39 is 0 Å². The molecule has 22 heavy (non-hydrogen) atoms. The zero-order valence-corrected chi connectivity index (χ0v) is 13.9. The van der Waals surface area contributed by atoms with Crippen LogP contribution in [-0.4, -0.2) is 59.9 Å². The van der Waals surface area contributed by atoms with E-state index in [2.05, 4.69) is 27.7 Å². The van der Waals surface area contributed by atoms with Gasteiger partial charge in [-0.25, -0.2) is 0 Å². The maximum absolute atomic E-state index is 12.2. The Morgan fingerprint density at radius 2 is 2.32 bits per heavy atom. The Labute approximate surface area is 138 Å². The van der Waals surface area contributed by atoms with E-state index in [-0.39, 0.29) is 18.3 Å². The molecule has 3 heterocycles. The Kier molecular flexibility index (Phi) is 6.23. The Hall–Kier alpha value is -1.11. The van der Waals surface area contributed by atoms with Crippen molar-refractivity contribution in [2.45, 2.75) is 37.8 Å². The summed E-state index contributed by atoms with van der Waals surface area (Å²) in [5.41, 5.74) is 0.529. The zero-order chi connectivity index (χ0) is 14.7. The van der Waals surface area contributed by atoms with Crippen molar-refractivity contribution in [2.75, 3.05) is 33.2 Å². The molecule has 124 valence electrons. The Bertz CT molecular complexity index is 486. The largest absolute Gasteiger partial charge is 0.349 e. The van der Waals surface area contributed by atoms with Crippen molar-refractivity contribution in [1.82, 2.24) is 25.3 Å². The van der Waals surface area contributed by atoms with Crippen LogP contribution in [0.3, 0.4) is 0 Å². The van der Waals surface area contributed by atoms with Crippen LogP contribution in [0.25, 0.3) is 0 Å². The second kappa shape index (κ2) is 7.94. The van der Waals surface area contributed by atoms with Crippen LogP contribution in [0.2, 0.25) is 0 Å². The third-order valence-corrected chi connectivity index (χ3v) is 4.66. The van der Waals surface area contributed by atoms with Crippen molar-refractivity contribution < 1.29 is 4.79 Å². The maximum atomic E-state index is 12.2. The van der Waals surface area contributed by atoms with E-state index in [4.69, 9.17) is 0 Å². The molecule has 0 spiro atoms.